The smallest absolute Gasteiger partial charge is 0.156 e. The van der Waals surface area contributed by atoms with Crippen molar-refractivity contribution in [2.75, 3.05) is 7.11 Å². The third-order valence-electron chi connectivity index (χ3n) is 2.54. The van der Waals surface area contributed by atoms with E-state index in [1.165, 1.54) is 25.7 Å². The SMILES string of the molecule is COC(O)C1CCCCCC1. The van der Waals surface area contributed by atoms with Gasteiger partial charge in [0.1, 0.15) is 0 Å². The first-order chi connectivity index (χ1) is 5.34. The standard InChI is InChI=1S/C9H18O2/c1-11-9(10)8-6-4-2-3-5-7-8/h8-10H,2-7H2,1H3. The molecular weight excluding hydrogens is 140 g/mol. The quantitative estimate of drug-likeness (QED) is 0.491. The van der Waals surface area contributed by atoms with E-state index in [9.17, 15) is 5.11 Å². The molecule has 0 radical (unpaired) electrons. The minimum atomic E-state index is -0.520. The van der Waals surface area contributed by atoms with Crippen molar-refractivity contribution in [2.45, 2.75) is 44.8 Å². The molecule has 0 amide bonds. The highest BCUT2D eigenvalue weighted by molar-refractivity contribution is 4.66. The number of aliphatic hydroxyl groups excluding tert-OH is 1. The van der Waals surface area contributed by atoms with Gasteiger partial charge in [-0.15, -0.1) is 0 Å². The maximum absolute atomic E-state index is 9.39. The average molecular weight is 158 g/mol. The minimum Gasteiger partial charge on any atom is -0.368 e. The number of methoxy groups -OCH3 is 1. The van der Waals surface area contributed by atoms with Crippen LogP contribution in [0.5, 0.6) is 0 Å². The van der Waals surface area contributed by atoms with Crippen molar-refractivity contribution in [1.29, 1.82) is 0 Å². The van der Waals surface area contributed by atoms with Crippen molar-refractivity contribution in [3.05, 3.63) is 0 Å². The Balaban J connectivity index is 2.30. The molecule has 1 aliphatic rings. The summed E-state index contributed by atoms with van der Waals surface area (Å²) in [7, 11) is 1.58. The Bertz CT molecular complexity index is 95.7. The Morgan fingerprint density at radius 2 is 1.73 bits per heavy atom. The van der Waals surface area contributed by atoms with Gasteiger partial charge in [-0.05, 0) is 12.8 Å². The second kappa shape index (κ2) is 4.73. The first-order valence-electron chi connectivity index (χ1n) is 4.55. The summed E-state index contributed by atoms with van der Waals surface area (Å²) in [5, 5.41) is 9.39. The molecule has 1 fully saturated rings. The lowest BCUT2D eigenvalue weighted by atomic mass is 10.00. The van der Waals surface area contributed by atoms with Gasteiger partial charge in [0.25, 0.3) is 0 Å². The van der Waals surface area contributed by atoms with E-state index in [1.807, 2.05) is 0 Å². The predicted molar refractivity (Wildman–Crippen MR) is 44.2 cm³/mol. The molecule has 0 aliphatic heterocycles. The van der Waals surface area contributed by atoms with Crippen molar-refractivity contribution in [3.63, 3.8) is 0 Å². The topological polar surface area (TPSA) is 29.5 Å². The first-order valence-corrected chi connectivity index (χ1v) is 4.55. The van der Waals surface area contributed by atoms with Gasteiger partial charge in [-0.3, -0.25) is 0 Å². The third-order valence-corrected chi connectivity index (χ3v) is 2.54. The van der Waals surface area contributed by atoms with E-state index < -0.39 is 6.29 Å². The molecule has 1 unspecified atom stereocenters. The van der Waals surface area contributed by atoms with Crippen LogP contribution >= 0.6 is 0 Å². The molecule has 0 spiro atoms. The highest BCUT2D eigenvalue weighted by Crippen LogP contribution is 2.25. The van der Waals surface area contributed by atoms with Crippen LogP contribution in [0.4, 0.5) is 0 Å². The van der Waals surface area contributed by atoms with Gasteiger partial charge in [-0.25, -0.2) is 0 Å². The van der Waals surface area contributed by atoms with Gasteiger partial charge in [0.15, 0.2) is 6.29 Å². The molecule has 2 heteroatoms. The molecule has 0 aromatic rings. The zero-order valence-electron chi connectivity index (χ0n) is 7.25. The first kappa shape index (κ1) is 9.01. The van der Waals surface area contributed by atoms with Crippen molar-refractivity contribution in [1.82, 2.24) is 0 Å². The molecule has 0 heterocycles. The maximum atomic E-state index is 9.39. The molecule has 66 valence electrons. The van der Waals surface area contributed by atoms with E-state index in [2.05, 4.69) is 0 Å². The molecule has 0 aromatic heterocycles. The van der Waals surface area contributed by atoms with E-state index in [1.54, 1.807) is 7.11 Å². The predicted octanol–water partition coefficient (Wildman–Crippen LogP) is 1.92. The lowest BCUT2D eigenvalue weighted by Crippen LogP contribution is -2.21. The van der Waals surface area contributed by atoms with Crippen LogP contribution in [0.15, 0.2) is 0 Å². The van der Waals surface area contributed by atoms with Crippen LogP contribution in [0.2, 0.25) is 0 Å². The number of rotatable bonds is 2. The van der Waals surface area contributed by atoms with Crippen LogP contribution in [-0.4, -0.2) is 18.5 Å². The summed E-state index contributed by atoms with van der Waals surface area (Å²) in [4.78, 5) is 0. The van der Waals surface area contributed by atoms with Gasteiger partial charge in [-0.1, -0.05) is 25.7 Å². The molecule has 1 saturated carbocycles. The van der Waals surface area contributed by atoms with E-state index >= 15 is 0 Å². The second-order valence-corrected chi connectivity index (χ2v) is 3.38. The average Bonchev–Trinajstić information content (AvgIpc) is 2.30. The van der Waals surface area contributed by atoms with Crippen molar-refractivity contribution >= 4 is 0 Å². The highest BCUT2D eigenvalue weighted by atomic mass is 16.6. The fraction of sp³-hybridized carbons (Fsp3) is 1.00. The maximum Gasteiger partial charge on any atom is 0.156 e. The van der Waals surface area contributed by atoms with Gasteiger partial charge in [0.2, 0.25) is 0 Å². The molecule has 0 saturated heterocycles. The number of ether oxygens (including phenoxy) is 1. The van der Waals surface area contributed by atoms with Crippen LogP contribution in [-0.2, 0) is 4.74 Å². The van der Waals surface area contributed by atoms with E-state index in [4.69, 9.17) is 4.74 Å². The number of hydrogen-bond donors (Lipinski definition) is 1. The third kappa shape index (κ3) is 2.80. The molecule has 1 atom stereocenters. The molecule has 2 nitrogen and oxygen atoms in total. The van der Waals surface area contributed by atoms with Crippen LogP contribution in [0.25, 0.3) is 0 Å². The largest absolute Gasteiger partial charge is 0.368 e. The Labute approximate surface area is 68.6 Å². The molecule has 11 heavy (non-hydrogen) atoms. The Morgan fingerprint density at radius 3 is 2.18 bits per heavy atom. The fourth-order valence-electron chi connectivity index (χ4n) is 1.79. The fourth-order valence-corrected chi connectivity index (χ4v) is 1.79. The molecule has 1 N–H and O–H groups in total. The highest BCUT2D eigenvalue weighted by Gasteiger charge is 2.19. The Hall–Kier alpha value is -0.0800. The summed E-state index contributed by atoms with van der Waals surface area (Å²) in [6.07, 6.45) is 6.91. The molecule has 0 bridgehead atoms. The summed E-state index contributed by atoms with van der Waals surface area (Å²) in [6.45, 7) is 0. The Morgan fingerprint density at radius 1 is 1.18 bits per heavy atom. The molecule has 0 aromatic carbocycles. The summed E-state index contributed by atoms with van der Waals surface area (Å²) in [5.74, 6) is 0.391. The van der Waals surface area contributed by atoms with Crippen LogP contribution < -0.4 is 0 Å². The van der Waals surface area contributed by atoms with Crippen LogP contribution in [0, 0.1) is 5.92 Å². The minimum absolute atomic E-state index is 0.391. The summed E-state index contributed by atoms with van der Waals surface area (Å²) < 4.78 is 4.90. The summed E-state index contributed by atoms with van der Waals surface area (Å²) in [5.41, 5.74) is 0. The van der Waals surface area contributed by atoms with E-state index in [-0.39, 0.29) is 0 Å². The summed E-state index contributed by atoms with van der Waals surface area (Å²) >= 11 is 0. The van der Waals surface area contributed by atoms with Gasteiger partial charge in [0, 0.05) is 13.0 Å². The zero-order chi connectivity index (χ0) is 8.10. The normalized spacial score (nSPS) is 24.5. The Kier molecular flexibility index (Phi) is 3.87. The lowest BCUT2D eigenvalue weighted by molar-refractivity contribution is -0.115. The monoisotopic (exact) mass is 158 g/mol. The van der Waals surface area contributed by atoms with Gasteiger partial charge < -0.3 is 9.84 Å². The number of hydrogen-bond acceptors (Lipinski definition) is 2. The lowest BCUT2D eigenvalue weighted by Gasteiger charge is -2.18. The second-order valence-electron chi connectivity index (χ2n) is 3.38. The van der Waals surface area contributed by atoms with Crippen molar-refractivity contribution in [2.24, 2.45) is 5.92 Å². The van der Waals surface area contributed by atoms with Gasteiger partial charge in [-0.2, -0.15) is 0 Å². The van der Waals surface area contributed by atoms with Crippen LogP contribution in [0.1, 0.15) is 38.5 Å². The van der Waals surface area contributed by atoms with E-state index in [0.29, 0.717) is 5.92 Å². The molecular formula is C9H18O2. The van der Waals surface area contributed by atoms with Gasteiger partial charge >= 0.3 is 0 Å². The number of aliphatic hydroxyl groups is 1. The van der Waals surface area contributed by atoms with Crippen molar-refractivity contribution in [3.8, 4) is 0 Å². The van der Waals surface area contributed by atoms with Gasteiger partial charge in [0.05, 0.1) is 0 Å². The zero-order valence-corrected chi connectivity index (χ0v) is 7.25. The van der Waals surface area contributed by atoms with E-state index in [0.717, 1.165) is 12.8 Å². The van der Waals surface area contributed by atoms with Crippen molar-refractivity contribution < 1.29 is 9.84 Å². The van der Waals surface area contributed by atoms with Crippen LogP contribution in [0.3, 0.4) is 0 Å². The summed E-state index contributed by atoms with van der Waals surface area (Å²) in [6, 6.07) is 0. The molecule has 1 aliphatic carbocycles. The molecule has 1 rings (SSSR count).